The van der Waals surface area contributed by atoms with Gasteiger partial charge in [0.1, 0.15) is 5.82 Å². The summed E-state index contributed by atoms with van der Waals surface area (Å²) in [7, 11) is 3.44. The summed E-state index contributed by atoms with van der Waals surface area (Å²) in [5, 5.41) is 6.67. The molecule has 2 aromatic rings. The second kappa shape index (κ2) is 6.68. The van der Waals surface area contributed by atoms with Crippen LogP contribution in [0.1, 0.15) is 36.6 Å². The molecule has 1 amide bonds. The fourth-order valence-electron chi connectivity index (χ4n) is 2.81. The zero-order valence-electron chi connectivity index (χ0n) is 14.2. The average molecular weight is 347 g/mol. The number of para-hydroxylation sites is 1. The number of hydrogen-bond donors (Lipinski definition) is 2. The van der Waals surface area contributed by atoms with Gasteiger partial charge in [-0.2, -0.15) is 0 Å². The van der Waals surface area contributed by atoms with Crippen LogP contribution in [0.5, 0.6) is 11.5 Å². The summed E-state index contributed by atoms with van der Waals surface area (Å²) in [5.41, 5.74) is 0.949. The van der Waals surface area contributed by atoms with Gasteiger partial charge in [-0.3, -0.25) is 4.79 Å². The number of ether oxygens (including phenoxy) is 2. The standard InChI is InChI=1S/C17H21N3O3S/c1-9(2)23-14-10(6-5-7-12(14)22-4)11-8-13(21)19-16-15(11)24-17(18-3)20-16/h5-7,9,11H,8H2,1-4H3,(H,18,20)(H,19,21)/t11-/m1/s1. The van der Waals surface area contributed by atoms with E-state index in [2.05, 4.69) is 15.6 Å². The van der Waals surface area contributed by atoms with Crippen LogP contribution in [0.25, 0.3) is 0 Å². The highest BCUT2D eigenvalue weighted by Crippen LogP contribution is 2.47. The Balaban J connectivity index is 2.12. The number of fused-ring (bicyclic) bond motifs is 1. The predicted molar refractivity (Wildman–Crippen MR) is 95.5 cm³/mol. The average Bonchev–Trinajstić information content (AvgIpc) is 2.96. The molecule has 7 heteroatoms. The lowest BCUT2D eigenvalue weighted by Gasteiger charge is -2.25. The summed E-state index contributed by atoms with van der Waals surface area (Å²) >= 11 is 1.55. The van der Waals surface area contributed by atoms with Crippen LogP contribution in [0.3, 0.4) is 0 Å². The molecule has 24 heavy (non-hydrogen) atoms. The molecule has 6 nitrogen and oxygen atoms in total. The van der Waals surface area contributed by atoms with Crippen LogP contribution in [-0.2, 0) is 4.79 Å². The number of aromatic nitrogens is 1. The van der Waals surface area contributed by atoms with Crippen molar-refractivity contribution in [2.24, 2.45) is 0 Å². The van der Waals surface area contributed by atoms with Gasteiger partial charge in [-0.25, -0.2) is 4.98 Å². The van der Waals surface area contributed by atoms with E-state index in [4.69, 9.17) is 9.47 Å². The number of rotatable bonds is 5. The molecule has 128 valence electrons. The van der Waals surface area contributed by atoms with Gasteiger partial charge in [0.25, 0.3) is 0 Å². The number of methoxy groups -OCH3 is 1. The summed E-state index contributed by atoms with van der Waals surface area (Å²) in [6.45, 7) is 3.95. The first-order chi connectivity index (χ1) is 11.5. The molecule has 1 atom stereocenters. The van der Waals surface area contributed by atoms with E-state index < -0.39 is 0 Å². The normalized spacial score (nSPS) is 16.5. The van der Waals surface area contributed by atoms with Gasteiger partial charge < -0.3 is 20.1 Å². The Labute approximate surface area is 145 Å². The Kier molecular flexibility index (Phi) is 4.62. The van der Waals surface area contributed by atoms with Crippen molar-refractivity contribution in [1.29, 1.82) is 0 Å². The van der Waals surface area contributed by atoms with Crippen molar-refractivity contribution in [3.05, 3.63) is 28.6 Å². The molecule has 0 spiro atoms. The van der Waals surface area contributed by atoms with Gasteiger partial charge in [0.15, 0.2) is 16.6 Å². The van der Waals surface area contributed by atoms with Crippen molar-refractivity contribution in [3.8, 4) is 11.5 Å². The summed E-state index contributed by atoms with van der Waals surface area (Å²) in [5.74, 6) is 1.85. The molecular weight excluding hydrogens is 326 g/mol. The highest BCUT2D eigenvalue weighted by molar-refractivity contribution is 7.16. The third-order valence-electron chi connectivity index (χ3n) is 3.79. The molecule has 2 heterocycles. The maximum atomic E-state index is 12.2. The fraction of sp³-hybridized carbons (Fsp3) is 0.412. The summed E-state index contributed by atoms with van der Waals surface area (Å²) < 4.78 is 11.5. The van der Waals surface area contributed by atoms with Crippen LogP contribution in [0.15, 0.2) is 18.2 Å². The largest absolute Gasteiger partial charge is 0.493 e. The van der Waals surface area contributed by atoms with Gasteiger partial charge in [-0.1, -0.05) is 23.5 Å². The van der Waals surface area contributed by atoms with Crippen LogP contribution in [0, 0.1) is 0 Å². The number of carbonyl (C=O) groups excluding carboxylic acids is 1. The van der Waals surface area contributed by atoms with E-state index in [9.17, 15) is 4.79 Å². The van der Waals surface area contributed by atoms with Gasteiger partial charge in [0.2, 0.25) is 5.91 Å². The second-order valence-electron chi connectivity index (χ2n) is 5.83. The van der Waals surface area contributed by atoms with Crippen LogP contribution in [-0.4, -0.2) is 31.2 Å². The van der Waals surface area contributed by atoms with Crippen molar-refractivity contribution in [1.82, 2.24) is 4.98 Å². The lowest BCUT2D eigenvalue weighted by Crippen LogP contribution is -2.23. The molecule has 0 unspecified atom stereocenters. The van der Waals surface area contributed by atoms with E-state index in [0.29, 0.717) is 23.7 Å². The van der Waals surface area contributed by atoms with Crippen LogP contribution < -0.4 is 20.1 Å². The Morgan fingerprint density at radius 3 is 2.88 bits per heavy atom. The summed E-state index contributed by atoms with van der Waals surface area (Å²) in [6.07, 6.45) is 0.367. The monoisotopic (exact) mass is 347 g/mol. The van der Waals surface area contributed by atoms with Gasteiger partial charge in [-0.05, 0) is 19.9 Å². The molecule has 1 aromatic carbocycles. The zero-order chi connectivity index (χ0) is 17.3. The van der Waals surface area contributed by atoms with E-state index in [1.807, 2.05) is 39.1 Å². The van der Waals surface area contributed by atoms with E-state index in [1.54, 1.807) is 18.4 Å². The highest BCUT2D eigenvalue weighted by atomic mass is 32.1. The van der Waals surface area contributed by atoms with Crippen molar-refractivity contribution >= 4 is 28.2 Å². The van der Waals surface area contributed by atoms with Gasteiger partial charge >= 0.3 is 0 Å². The number of hydrogen-bond acceptors (Lipinski definition) is 6. The molecule has 0 saturated heterocycles. The lowest BCUT2D eigenvalue weighted by molar-refractivity contribution is -0.116. The van der Waals surface area contributed by atoms with Gasteiger partial charge in [0.05, 0.1) is 18.1 Å². The number of carbonyl (C=O) groups is 1. The zero-order valence-corrected chi connectivity index (χ0v) is 15.0. The van der Waals surface area contributed by atoms with Crippen molar-refractivity contribution in [2.45, 2.75) is 32.3 Å². The quantitative estimate of drug-likeness (QED) is 0.867. The Morgan fingerprint density at radius 1 is 1.42 bits per heavy atom. The number of benzene rings is 1. The number of nitrogens with zero attached hydrogens (tertiary/aromatic N) is 1. The Bertz CT molecular complexity index is 758. The molecule has 1 aliphatic heterocycles. The highest BCUT2D eigenvalue weighted by Gasteiger charge is 2.33. The Hall–Kier alpha value is -2.28. The smallest absolute Gasteiger partial charge is 0.226 e. The maximum absolute atomic E-state index is 12.2. The number of thiazole rings is 1. The minimum absolute atomic E-state index is 0.00580. The molecule has 0 saturated carbocycles. The SMILES string of the molecule is CNc1nc2c(s1)[C@@H](c1cccc(OC)c1OC(C)C)CC(=O)N2. The van der Waals surface area contributed by atoms with E-state index >= 15 is 0 Å². The summed E-state index contributed by atoms with van der Waals surface area (Å²) in [4.78, 5) is 17.6. The second-order valence-corrected chi connectivity index (χ2v) is 6.86. The minimum atomic E-state index is -0.0998. The first kappa shape index (κ1) is 16.6. The predicted octanol–water partition coefficient (Wildman–Crippen LogP) is 3.45. The Morgan fingerprint density at radius 2 is 2.21 bits per heavy atom. The molecular formula is C17H21N3O3S. The maximum Gasteiger partial charge on any atom is 0.226 e. The van der Waals surface area contributed by atoms with E-state index in [-0.39, 0.29) is 17.9 Å². The number of amides is 1. The number of nitrogens with one attached hydrogen (secondary N) is 2. The molecule has 0 radical (unpaired) electrons. The van der Waals surface area contributed by atoms with Crippen molar-refractivity contribution in [3.63, 3.8) is 0 Å². The lowest BCUT2D eigenvalue weighted by atomic mass is 9.90. The topological polar surface area (TPSA) is 72.5 Å². The molecule has 1 aliphatic rings. The first-order valence-corrected chi connectivity index (χ1v) is 8.67. The molecule has 0 aliphatic carbocycles. The molecule has 1 aromatic heterocycles. The van der Waals surface area contributed by atoms with Crippen molar-refractivity contribution in [2.75, 3.05) is 24.8 Å². The summed E-state index contributed by atoms with van der Waals surface area (Å²) in [6, 6.07) is 5.79. The minimum Gasteiger partial charge on any atom is -0.493 e. The first-order valence-electron chi connectivity index (χ1n) is 7.85. The van der Waals surface area contributed by atoms with Gasteiger partial charge in [-0.15, -0.1) is 0 Å². The third kappa shape index (κ3) is 3.03. The number of anilines is 2. The van der Waals surface area contributed by atoms with E-state index in [0.717, 1.165) is 15.6 Å². The molecule has 2 N–H and O–H groups in total. The molecule has 0 bridgehead atoms. The molecule has 3 rings (SSSR count). The van der Waals surface area contributed by atoms with Crippen molar-refractivity contribution < 1.29 is 14.3 Å². The van der Waals surface area contributed by atoms with Crippen LogP contribution >= 0.6 is 11.3 Å². The van der Waals surface area contributed by atoms with E-state index in [1.165, 1.54) is 0 Å². The third-order valence-corrected chi connectivity index (χ3v) is 4.98. The molecule has 0 fully saturated rings. The van der Waals surface area contributed by atoms with Crippen LogP contribution in [0.2, 0.25) is 0 Å². The fourth-order valence-corrected chi connectivity index (χ4v) is 3.80. The van der Waals surface area contributed by atoms with Gasteiger partial charge in [0, 0.05) is 24.9 Å². The van der Waals surface area contributed by atoms with Crippen LogP contribution in [0.4, 0.5) is 10.9 Å².